The molecule has 1 N–H and O–H groups in total. The summed E-state index contributed by atoms with van der Waals surface area (Å²) in [5.74, 6) is -0.401. The molecule has 0 saturated carbocycles. The Balaban J connectivity index is 2.07. The molecule has 0 aliphatic rings. The van der Waals surface area contributed by atoms with Gasteiger partial charge in [-0.05, 0) is 43.2 Å². The molecule has 138 valence electrons. The monoisotopic (exact) mass is 383 g/mol. The van der Waals surface area contributed by atoms with Crippen LogP contribution in [0.4, 0.5) is 5.69 Å². The number of carbonyl (C=O) groups is 1. The molecule has 3 aromatic rings. The smallest absolute Gasteiger partial charge is 0.280 e. The number of hydrogen-bond acceptors (Lipinski definition) is 4. The van der Waals surface area contributed by atoms with Crippen molar-refractivity contribution in [2.24, 2.45) is 0 Å². The van der Waals surface area contributed by atoms with Gasteiger partial charge in [-0.2, -0.15) is 9.78 Å². The summed E-state index contributed by atoms with van der Waals surface area (Å²) in [5.41, 5.74) is 2.47. The second-order valence-corrected chi connectivity index (χ2v) is 6.45. The van der Waals surface area contributed by atoms with Crippen LogP contribution < -0.4 is 15.6 Å². The second kappa shape index (κ2) is 7.63. The lowest BCUT2D eigenvalue weighted by Gasteiger charge is -2.13. The molecule has 27 heavy (non-hydrogen) atoms. The van der Waals surface area contributed by atoms with Crippen LogP contribution in [0.25, 0.3) is 5.69 Å². The van der Waals surface area contributed by atoms with E-state index >= 15 is 0 Å². The zero-order chi connectivity index (χ0) is 19.6. The zero-order valence-corrected chi connectivity index (χ0v) is 15.9. The van der Waals surface area contributed by atoms with E-state index in [1.165, 1.54) is 17.9 Å². The number of anilines is 1. The number of nitrogens with zero attached hydrogens (tertiary/aromatic N) is 2. The summed E-state index contributed by atoms with van der Waals surface area (Å²) in [6, 6.07) is 13.7. The standard InChI is InChI=1S/C20H18ClN3O3/c1-12-8-9-14(21)10-15(12)22-20(26)19-17(27-3)11-18(25)24(23-19)16-7-5-4-6-13(16)2/h4-11H,1-3H3,(H,22,26). The van der Waals surface area contributed by atoms with E-state index in [1.54, 1.807) is 30.3 Å². The third-order valence-corrected chi connectivity index (χ3v) is 4.36. The van der Waals surface area contributed by atoms with Gasteiger partial charge in [-0.25, -0.2) is 0 Å². The Morgan fingerprint density at radius 1 is 1.11 bits per heavy atom. The highest BCUT2D eigenvalue weighted by Crippen LogP contribution is 2.22. The van der Waals surface area contributed by atoms with Crippen molar-refractivity contribution in [3.8, 4) is 11.4 Å². The Kier molecular flexibility index (Phi) is 5.28. The summed E-state index contributed by atoms with van der Waals surface area (Å²) in [7, 11) is 1.38. The Hall–Kier alpha value is -3.12. The number of halogens is 1. The van der Waals surface area contributed by atoms with E-state index in [0.717, 1.165) is 11.1 Å². The quantitative estimate of drug-likeness (QED) is 0.744. The molecule has 0 radical (unpaired) electrons. The van der Waals surface area contributed by atoms with Crippen LogP contribution in [0.15, 0.2) is 53.3 Å². The maximum Gasteiger partial charge on any atom is 0.280 e. The second-order valence-electron chi connectivity index (χ2n) is 6.01. The highest BCUT2D eigenvalue weighted by molar-refractivity contribution is 6.31. The van der Waals surface area contributed by atoms with Crippen LogP contribution in [0, 0.1) is 13.8 Å². The van der Waals surface area contributed by atoms with E-state index in [9.17, 15) is 9.59 Å². The first-order valence-electron chi connectivity index (χ1n) is 8.22. The molecule has 1 amide bonds. The van der Waals surface area contributed by atoms with Crippen LogP contribution in [0.1, 0.15) is 21.6 Å². The van der Waals surface area contributed by atoms with Gasteiger partial charge in [0.1, 0.15) is 0 Å². The van der Waals surface area contributed by atoms with Crippen molar-refractivity contribution in [3.63, 3.8) is 0 Å². The van der Waals surface area contributed by atoms with E-state index in [0.29, 0.717) is 16.4 Å². The first-order chi connectivity index (χ1) is 12.9. The van der Waals surface area contributed by atoms with E-state index in [-0.39, 0.29) is 11.4 Å². The van der Waals surface area contributed by atoms with Crippen molar-refractivity contribution in [1.82, 2.24) is 9.78 Å². The fourth-order valence-corrected chi connectivity index (χ4v) is 2.81. The molecule has 0 aliphatic carbocycles. The maximum atomic E-state index is 12.8. The number of aryl methyl sites for hydroxylation is 2. The third kappa shape index (κ3) is 3.85. The number of ether oxygens (including phenoxy) is 1. The van der Waals surface area contributed by atoms with E-state index in [1.807, 2.05) is 26.0 Å². The van der Waals surface area contributed by atoms with Gasteiger partial charge in [0.2, 0.25) is 0 Å². The molecular weight excluding hydrogens is 366 g/mol. The van der Waals surface area contributed by atoms with Crippen molar-refractivity contribution in [1.29, 1.82) is 0 Å². The van der Waals surface area contributed by atoms with Gasteiger partial charge in [-0.15, -0.1) is 0 Å². The largest absolute Gasteiger partial charge is 0.494 e. The molecule has 0 atom stereocenters. The van der Waals surface area contributed by atoms with Gasteiger partial charge in [-0.1, -0.05) is 35.9 Å². The molecule has 0 bridgehead atoms. The van der Waals surface area contributed by atoms with Gasteiger partial charge >= 0.3 is 0 Å². The zero-order valence-electron chi connectivity index (χ0n) is 15.1. The van der Waals surface area contributed by atoms with Crippen molar-refractivity contribution < 1.29 is 9.53 Å². The molecule has 2 aromatic carbocycles. The number of nitrogens with one attached hydrogen (secondary N) is 1. The predicted octanol–water partition coefficient (Wildman–Crippen LogP) is 3.76. The van der Waals surface area contributed by atoms with Crippen LogP contribution in [0.2, 0.25) is 5.02 Å². The highest BCUT2D eigenvalue weighted by atomic mass is 35.5. The van der Waals surface area contributed by atoms with Crippen LogP contribution in [0.3, 0.4) is 0 Å². The van der Waals surface area contributed by atoms with Crippen molar-refractivity contribution in [2.45, 2.75) is 13.8 Å². The van der Waals surface area contributed by atoms with Crippen LogP contribution in [-0.4, -0.2) is 22.8 Å². The summed E-state index contributed by atoms with van der Waals surface area (Å²) in [4.78, 5) is 25.3. The third-order valence-electron chi connectivity index (χ3n) is 4.12. The molecule has 6 nitrogen and oxygen atoms in total. The Bertz CT molecular complexity index is 1080. The van der Waals surface area contributed by atoms with Crippen molar-refractivity contribution >= 4 is 23.2 Å². The van der Waals surface area contributed by atoms with Crippen molar-refractivity contribution in [3.05, 3.63) is 80.7 Å². The minimum Gasteiger partial charge on any atom is -0.494 e. The van der Waals surface area contributed by atoms with Gasteiger partial charge in [0.15, 0.2) is 11.4 Å². The SMILES string of the molecule is COc1cc(=O)n(-c2ccccc2C)nc1C(=O)Nc1cc(Cl)ccc1C. The van der Waals surface area contributed by atoms with E-state index in [2.05, 4.69) is 10.4 Å². The minimum absolute atomic E-state index is 0.000251. The summed E-state index contributed by atoms with van der Waals surface area (Å²) in [5, 5.41) is 7.53. The summed E-state index contributed by atoms with van der Waals surface area (Å²) in [6.07, 6.45) is 0. The fourth-order valence-electron chi connectivity index (χ4n) is 2.64. The molecule has 0 aliphatic heterocycles. The fraction of sp³-hybridized carbons (Fsp3) is 0.150. The van der Waals surface area contributed by atoms with Gasteiger partial charge in [-0.3, -0.25) is 9.59 Å². The van der Waals surface area contributed by atoms with Crippen LogP contribution in [0.5, 0.6) is 5.75 Å². The molecular formula is C20H18ClN3O3. The first-order valence-corrected chi connectivity index (χ1v) is 8.60. The van der Waals surface area contributed by atoms with E-state index in [4.69, 9.17) is 16.3 Å². The predicted molar refractivity (Wildman–Crippen MR) is 105 cm³/mol. The molecule has 0 fully saturated rings. The topological polar surface area (TPSA) is 73.2 Å². The molecule has 0 spiro atoms. The lowest BCUT2D eigenvalue weighted by atomic mass is 10.2. The number of rotatable bonds is 4. The number of benzene rings is 2. The number of para-hydroxylation sites is 1. The number of aromatic nitrogens is 2. The molecule has 0 unspecified atom stereocenters. The van der Waals surface area contributed by atoms with Gasteiger partial charge in [0.05, 0.1) is 18.9 Å². The lowest BCUT2D eigenvalue weighted by molar-refractivity contribution is 0.101. The summed E-state index contributed by atoms with van der Waals surface area (Å²) < 4.78 is 6.39. The Morgan fingerprint density at radius 3 is 2.56 bits per heavy atom. The van der Waals surface area contributed by atoms with Crippen molar-refractivity contribution in [2.75, 3.05) is 12.4 Å². The molecule has 7 heteroatoms. The molecule has 3 rings (SSSR count). The van der Waals surface area contributed by atoms with Gasteiger partial charge in [0, 0.05) is 10.7 Å². The Morgan fingerprint density at radius 2 is 1.85 bits per heavy atom. The van der Waals surface area contributed by atoms with Gasteiger partial charge < -0.3 is 10.1 Å². The Labute approximate surface area is 161 Å². The normalized spacial score (nSPS) is 10.5. The summed E-state index contributed by atoms with van der Waals surface area (Å²) >= 11 is 6.01. The van der Waals surface area contributed by atoms with Crippen LogP contribution >= 0.6 is 11.6 Å². The number of carbonyl (C=O) groups excluding carboxylic acids is 1. The average molecular weight is 384 g/mol. The number of amides is 1. The van der Waals surface area contributed by atoms with Crippen LogP contribution in [-0.2, 0) is 0 Å². The number of methoxy groups -OCH3 is 1. The molecule has 0 saturated heterocycles. The minimum atomic E-state index is -0.500. The van der Waals surface area contributed by atoms with E-state index < -0.39 is 11.5 Å². The number of hydrogen-bond donors (Lipinski definition) is 1. The van der Waals surface area contributed by atoms with Gasteiger partial charge in [0.25, 0.3) is 11.5 Å². The maximum absolute atomic E-state index is 12.8. The first kappa shape index (κ1) is 18.7. The average Bonchev–Trinajstić information content (AvgIpc) is 2.65. The lowest BCUT2D eigenvalue weighted by Crippen LogP contribution is -2.26. The highest BCUT2D eigenvalue weighted by Gasteiger charge is 2.19. The summed E-state index contributed by atoms with van der Waals surface area (Å²) in [6.45, 7) is 3.72. The molecule has 1 aromatic heterocycles. The molecule has 1 heterocycles.